The van der Waals surface area contributed by atoms with Gasteiger partial charge in [0.2, 0.25) is 0 Å². The van der Waals surface area contributed by atoms with E-state index in [1.165, 1.54) is 17.7 Å². The summed E-state index contributed by atoms with van der Waals surface area (Å²) in [7, 11) is 0. The van der Waals surface area contributed by atoms with Crippen molar-refractivity contribution in [1.29, 1.82) is 0 Å². The number of halogens is 2. The standard InChI is InChI=1S/C17H19F2N/c1-4-13-5-7-14(8-6-13)20-12(3)15-10-16(18)11(2)9-17(15)19/h5-10,12,20H,4H2,1-3H3. The zero-order valence-corrected chi connectivity index (χ0v) is 12.0. The zero-order valence-electron chi connectivity index (χ0n) is 12.0. The van der Waals surface area contributed by atoms with E-state index >= 15 is 0 Å². The molecule has 1 N–H and O–H groups in total. The van der Waals surface area contributed by atoms with Crippen molar-refractivity contribution in [3.8, 4) is 0 Å². The van der Waals surface area contributed by atoms with E-state index in [2.05, 4.69) is 12.2 Å². The number of hydrogen-bond donors (Lipinski definition) is 1. The Morgan fingerprint density at radius 1 is 1.05 bits per heavy atom. The molecule has 0 aromatic heterocycles. The van der Waals surface area contributed by atoms with Gasteiger partial charge in [0, 0.05) is 11.3 Å². The molecule has 2 aromatic carbocycles. The maximum absolute atomic E-state index is 13.9. The molecule has 2 rings (SSSR count). The molecule has 1 nitrogen and oxygen atoms in total. The normalized spacial score (nSPS) is 12.2. The van der Waals surface area contributed by atoms with Crippen LogP contribution < -0.4 is 5.32 Å². The molecule has 3 heteroatoms. The predicted octanol–water partition coefficient (Wildman–Crippen LogP) is 5.01. The smallest absolute Gasteiger partial charge is 0.128 e. The minimum atomic E-state index is -0.380. The first-order valence-electron chi connectivity index (χ1n) is 6.82. The van der Waals surface area contributed by atoms with E-state index < -0.39 is 0 Å². The molecule has 0 saturated carbocycles. The Balaban J connectivity index is 2.18. The van der Waals surface area contributed by atoms with E-state index in [0.29, 0.717) is 11.1 Å². The van der Waals surface area contributed by atoms with Crippen LogP contribution in [-0.4, -0.2) is 0 Å². The summed E-state index contributed by atoms with van der Waals surface area (Å²) in [6, 6.07) is 10.2. The lowest BCUT2D eigenvalue weighted by Crippen LogP contribution is -2.09. The molecular formula is C17H19F2N. The van der Waals surface area contributed by atoms with Crippen LogP contribution in [0.15, 0.2) is 36.4 Å². The minimum Gasteiger partial charge on any atom is -0.378 e. The highest BCUT2D eigenvalue weighted by molar-refractivity contribution is 5.47. The van der Waals surface area contributed by atoms with Gasteiger partial charge in [-0.05, 0) is 55.7 Å². The Morgan fingerprint density at radius 2 is 1.70 bits per heavy atom. The highest BCUT2D eigenvalue weighted by Gasteiger charge is 2.13. The number of anilines is 1. The zero-order chi connectivity index (χ0) is 14.7. The lowest BCUT2D eigenvalue weighted by atomic mass is 10.0. The minimum absolute atomic E-state index is 0.294. The van der Waals surface area contributed by atoms with Crippen molar-refractivity contribution in [2.45, 2.75) is 33.2 Å². The van der Waals surface area contributed by atoms with E-state index in [0.717, 1.165) is 12.1 Å². The Bertz CT molecular complexity index is 591. The fraction of sp³-hybridized carbons (Fsp3) is 0.294. The Morgan fingerprint density at radius 3 is 2.30 bits per heavy atom. The van der Waals surface area contributed by atoms with Crippen LogP contribution in [-0.2, 0) is 6.42 Å². The number of benzene rings is 2. The van der Waals surface area contributed by atoms with Crippen LogP contribution in [0.25, 0.3) is 0 Å². The first-order chi connectivity index (χ1) is 9.51. The average Bonchev–Trinajstić information content (AvgIpc) is 2.43. The number of hydrogen-bond acceptors (Lipinski definition) is 1. The van der Waals surface area contributed by atoms with Gasteiger partial charge in [0.1, 0.15) is 11.6 Å². The first kappa shape index (κ1) is 14.5. The molecule has 0 aliphatic rings. The summed E-state index contributed by atoms with van der Waals surface area (Å²) in [6.07, 6.45) is 0.980. The maximum atomic E-state index is 13.9. The Hall–Kier alpha value is -1.90. The van der Waals surface area contributed by atoms with Crippen molar-refractivity contribution in [3.63, 3.8) is 0 Å². The molecule has 0 saturated heterocycles. The molecule has 2 aromatic rings. The van der Waals surface area contributed by atoms with E-state index in [-0.39, 0.29) is 17.7 Å². The summed E-state index contributed by atoms with van der Waals surface area (Å²) in [4.78, 5) is 0. The molecular weight excluding hydrogens is 256 g/mol. The van der Waals surface area contributed by atoms with Gasteiger partial charge in [-0.25, -0.2) is 8.78 Å². The van der Waals surface area contributed by atoms with Crippen molar-refractivity contribution >= 4 is 5.69 Å². The SMILES string of the molecule is CCc1ccc(NC(C)c2cc(F)c(C)cc2F)cc1. The first-order valence-corrected chi connectivity index (χ1v) is 6.82. The summed E-state index contributed by atoms with van der Waals surface area (Å²) in [6.45, 7) is 5.47. The summed E-state index contributed by atoms with van der Waals surface area (Å²) in [5.74, 6) is -0.759. The Labute approximate surface area is 118 Å². The predicted molar refractivity (Wildman–Crippen MR) is 79.0 cm³/mol. The van der Waals surface area contributed by atoms with Crippen LogP contribution >= 0.6 is 0 Å². The van der Waals surface area contributed by atoms with Gasteiger partial charge in [0.05, 0.1) is 6.04 Å². The quantitative estimate of drug-likeness (QED) is 0.827. The molecule has 0 amide bonds. The third-order valence-electron chi connectivity index (χ3n) is 3.49. The van der Waals surface area contributed by atoms with E-state index in [1.807, 2.05) is 31.2 Å². The molecule has 0 spiro atoms. The van der Waals surface area contributed by atoms with Crippen LogP contribution in [0.1, 0.15) is 36.6 Å². The molecule has 0 fully saturated rings. The number of rotatable bonds is 4. The summed E-state index contributed by atoms with van der Waals surface area (Å²) in [5.41, 5.74) is 2.81. The third-order valence-corrected chi connectivity index (χ3v) is 3.49. The molecule has 0 heterocycles. The molecule has 106 valence electrons. The molecule has 0 bridgehead atoms. The molecule has 0 aliphatic carbocycles. The van der Waals surface area contributed by atoms with Crippen LogP contribution in [0.4, 0.5) is 14.5 Å². The third kappa shape index (κ3) is 3.16. The monoisotopic (exact) mass is 275 g/mol. The topological polar surface area (TPSA) is 12.0 Å². The molecule has 0 radical (unpaired) electrons. The lowest BCUT2D eigenvalue weighted by molar-refractivity contribution is 0.571. The molecule has 1 atom stereocenters. The molecule has 0 aliphatic heterocycles. The van der Waals surface area contributed by atoms with Gasteiger partial charge in [0.25, 0.3) is 0 Å². The number of aryl methyl sites for hydroxylation is 2. The highest BCUT2D eigenvalue weighted by atomic mass is 19.1. The van der Waals surface area contributed by atoms with Gasteiger partial charge < -0.3 is 5.32 Å². The van der Waals surface area contributed by atoms with Crippen molar-refractivity contribution in [1.82, 2.24) is 0 Å². The maximum Gasteiger partial charge on any atom is 0.128 e. The van der Waals surface area contributed by atoms with Crippen molar-refractivity contribution in [3.05, 3.63) is 64.7 Å². The van der Waals surface area contributed by atoms with Crippen LogP contribution in [0.3, 0.4) is 0 Å². The van der Waals surface area contributed by atoms with Crippen molar-refractivity contribution in [2.24, 2.45) is 0 Å². The van der Waals surface area contributed by atoms with Crippen LogP contribution in [0, 0.1) is 18.6 Å². The van der Waals surface area contributed by atoms with E-state index in [4.69, 9.17) is 0 Å². The average molecular weight is 275 g/mol. The van der Waals surface area contributed by atoms with Crippen molar-refractivity contribution < 1.29 is 8.78 Å². The molecule has 1 unspecified atom stereocenters. The second-order valence-corrected chi connectivity index (χ2v) is 5.04. The van der Waals surface area contributed by atoms with Gasteiger partial charge in [-0.1, -0.05) is 19.1 Å². The van der Waals surface area contributed by atoms with Crippen LogP contribution in [0.2, 0.25) is 0 Å². The molecule has 20 heavy (non-hydrogen) atoms. The number of nitrogens with one attached hydrogen (secondary N) is 1. The summed E-state index contributed by atoms with van der Waals surface area (Å²) >= 11 is 0. The fourth-order valence-electron chi connectivity index (χ4n) is 2.16. The second kappa shape index (κ2) is 6.04. The Kier molecular flexibility index (Phi) is 4.38. The van der Waals surface area contributed by atoms with E-state index in [9.17, 15) is 8.78 Å². The van der Waals surface area contributed by atoms with Gasteiger partial charge in [0.15, 0.2) is 0 Å². The largest absolute Gasteiger partial charge is 0.378 e. The van der Waals surface area contributed by atoms with E-state index in [1.54, 1.807) is 6.92 Å². The lowest BCUT2D eigenvalue weighted by Gasteiger charge is -2.17. The van der Waals surface area contributed by atoms with Gasteiger partial charge >= 0.3 is 0 Å². The van der Waals surface area contributed by atoms with Crippen molar-refractivity contribution in [2.75, 3.05) is 5.32 Å². The van der Waals surface area contributed by atoms with Gasteiger partial charge in [-0.2, -0.15) is 0 Å². The summed E-state index contributed by atoms with van der Waals surface area (Å²) in [5, 5.41) is 3.19. The fourth-order valence-corrected chi connectivity index (χ4v) is 2.16. The van der Waals surface area contributed by atoms with Crippen LogP contribution in [0.5, 0.6) is 0 Å². The second-order valence-electron chi connectivity index (χ2n) is 5.04. The van der Waals surface area contributed by atoms with Gasteiger partial charge in [-0.3, -0.25) is 0 Å². The highest BCUT2D eigenvalue weighted by Crippen LogP contribution is 2.24. The van der Waals surface area contributed by atoms with Gasteiger partial charge in [-0.15, -0.1) is 0 Å². The summed E-state index contributed by atoms with van der Waals surface area (Å²) < 4.78 is 27.5.